The average molecular weight is 447 g/mol. The summed E-state index contributed by atoms with van der Waals surface area (Å²) in [6, 6.07) is 5.33. The molecule has 9 heteroatoms. The Bertz CT molecular complexity index is 905. The fourth-order valence-electron chi connectivity index (χ4n) is 3.93. The number of nitrogens with one attached hydrogen (secondary N) is 2. The number of rotatable bonds is 6. The van der Waals surface area contributed by atoms with E-state index >= 15 is 0 Å². The number of thiazole rings is 1. The topological polar surface area (TPSA) is 83.6 Å². The molecule has 30 heavy (non-hydrogen) atoms. The number of carbonyl (C=O) groups is 2. The molecule has 0 atom stereocenters. The number of nitrogens with zero attached hydrogens (tertiary/aromatic N) is 2. The molecule has 0 spiro atoms. The van der Waals surface area contributed by atoms with Crippen molar-refractivity contribution in [3.63, 3.8) is 0 Å². The molecule has 4 rings (SSSR count). The maximum Gasteiger partial charge on any atom is 0.325 e. The van der Waals surface area contributed by atoms with Crippen molar-refractivity contribution in [1.82, 2.24) is 4.98 Å². The third-order valence-corrected chi connectivity index (χ3v) is 7.49. The maximum atomic E-state index is 13.3. The van der Waals surface area contributed by atoms with Gasteiger partial charge in [0.2, 0.25) is 0 Å². The molecule has 2 heterocycles. The summed E-state index contributed by atoms with van der Waals surface area (Å²) in [5.41, 5.74) is 2.13. The monoisotopic (exact) mass is 446 g/mol. The number of carbonyl (C=O) groups excluding carboxylic acids is 2. The van der Waals surface area contributed by atoms with Crippen molar-refractivity contribution < 1.29 is 14.3 Å². The van der Waals surface area contributed by atoms with E-state index < -0.39 is 6.03 Å². The summed E-state index contributed by atoms with van der Waals surface area (Å²) >= 11 is 3.00. The van der Waals surface area contributed by atoms with Gasteiger partial charge in [-0.05, 0) is 37.3 Å². The molecule has 160 valence electrons. The molecule has 7 nitrogen and oxygen atoms in total. The lowest BCUT2D eigenvalue weighted by molar-refractivity contribution is 0.0923. The van der Waals surface area contributed by atoms with E-state index in [0.29, 0.717) is 29.6 Å². The predicted molar refractivity (Wildman–Crippen MR) is 122 cm³/mol. The molecular formula is C21H26N4O3S2. The number of hydrogen-bond donors (Lipinski definition) is 2. The van der Waals surface area contributed by atoms with Crippen molar-refractivity contribution in [2.75, 3.05) is 48.1 Å². The number of hydrogen-bond acceptors (Lipinski definition) is 7. The molecule has 2 N–H and O–H groups in total. The highest BCUT2D eigenvalue weighted by Gasteiger charge is 2.27. The summed E-state index contributed by atoms with van der Waals surface area (Å²) in [7, 11) is 0. The number of ether oxygens (including phenoxy) is 1. The van der Waals surface area contributed by atoms with E-state index in [1.165, 1.54) is 11.3 Å². The van der Waals surface area contributed by atoms with Crippen LogP contribution in [0.25, 0.3) is 0 Å². The fraction of sp³-hybridized carbons (Fsp3) is 0.476. The van der Waals surface area contributed by atoms with Gasteiger partial charge < -0.3 is 15.0 Å². The van der Waals surface area contributed by atoms with E-state index in [9.17, 15) is 9.59 Å². The zero-order chi connectivity index (χ0) is 20.9. The van der Waals surface area contributed by atoms with E-state index in [1.54, 1.807) is 18.0 Å². The van der Waals surface area contributed by atoms with Gasteiger partial charge in [0.25, 0.3) is 0 Å². The van der Waals surface area contributed by atoms with Crippen LogP contribution in [0, 0.1) is 5.92 Å². The van der Waals surface area contributed by atoms with E-state index in [0.717, 1.165) is 48.7 Å². The molecule has 1 aliphatic carbocycles. The molecule has 2 amide bonds. The van der Waals surface area contributed by atoms with E-state index in [4.69, 9.17) is 4.74 Å². The molecule has 0 unspecified atom stereocenters. The van der Waals surface area contributed by atoms with E-state index in [2.05, 4.69) is 20.5 Å². The normalized spacial score (nSPS) is 17.2. The van der Waals surface area contributed by atoms with Crippen LogP contribution < -0.4 is 15.5 Å². The van der Waals surface area contributed by atoms with Crippen LogP contribution in [0.1, 0.15) is 36.0 Å². The molecule has 2 aromatic rings. The largest absolute Gasteiger partial charge is 0.378 e. The number of Topliss-reactive ketones (excluding diaryl/α,β-unsaturated/α-hetero) is 1. The number of anilines is 3. The third-order valence-electron chi connectivity index (χ3n) is 5.53. The summed E-state index contributed by atoms with van der Waals surface area (Å²) < 4.78 is 6.47. The summed E-state index contributed by atoms with van der Waals surface area (Å²) in [5.74, 6) is 0.161. The Kier molecular flexibility index (Phi) is 6.91. The van der Waals surface area contributed by atoms with E-state index in [1.807, 2.05) is 24.5 Å². The second-order valence-electron chi connectivity index (χ2n) is 7.44. The first-order valence-corrected chi connectivity index (χ1v) is 12.3. The van der Waals surface area contributed by atoms with Crippen molar-refractivity contribution in [1.29, 1.82) is 0 Å². The zero-order valence-corrected chi connectivity index (χ0v) is 18.6. The molecule has 1 aromatic heterocycles. The van der Waals surface area contributed by atoms with Crippen molar-refractivity contribution in [2.24, 2.45) is 5.92 Å². The van der Waals surface area contributed by atoms with Gasteiger partial charge in [-0.2, -0.15) is 0 Å². The summed E-state index contributed by atoms with van der Waals surface area (Å²) in [4.78, 5) is 32.2. The van der Waals surface area contributed by atoms with Gasteiger partial charge in [0.15, 0.2) is 10.9 Å². The predicted octanol–water partition coefficient (Wildman–Crippen LogP) is 4.72. The van der Waals surface area contributed by atoms with Crippen molar-refractivity contribution in [3.05, 3.63) is 30.0 Å². The first-order valence-electron chi connectivity index (χ1n) is 10.2. The molecule has 0 bridgehead atoms. The number of ketones is 1. The van der Waals surface area contributed by atoms with Crippen LogP contribution in [0.3, 0.4) is 0 Å². The van der Waals surface area contributed by atoms with Crippen LogP contribution in [-0.2, 0) is 4.74 Å². The fourth-order valence-corrected chi connectivity index (χ4v) is 5.21. The minimum absolute atomic E-state index is 0.0386. The smallest absolute Gasteiger partial charge is 0.325 e. The van der Waals surface area contributed by atoms with Gasteiger partial charge >= 0.3 is 6.03 Å². The number of aromatic nitrogens is 1. The van der Waals surface area contributed by atoms with Crippen molar-refractivity contribution >= 4 is 51.4 Å². The average Bonchev–Trinajstić information content (AvgIpc) is 3.46. The van der Waals surface area contributed by atoms with Crippen LogP contribution in [0.5, 0.6) is 0 Å². The van der Waals surface area contributed by atoms with Crippen LogP contribution in [0.15, 0.2) is 28.6 Å². The second kappa shape index (κ2) is 9.80. The number of urea groups is 1. The standard InChI is InChI=1S/C21H26N4O3S2/c1-29-18-13-22-21(30-18)24-20(27)23-17-7-6-15(25-8-10-28-11-9-25)12-16(17)19(26)14-4-2-3-5-14/h6-7,12-14H,2-5,8-11H2,1H3,(H2,22,23,24,27). The Balaban J connectivity index is 1.55. The maximum absolute atomic E-state index is 13.3. The highest BCUT2D eigenvalue weighted by Crippen LogP contribution is 2.33. The summed E-state index contributed by atoms with van der Waals surface area (Å²) in [6.45, 7) is 2.96. The molecule has 2 aliphatic rings. The van der Waals surface area contributed by atoms with Gasteiger partial charge in [0.1, 0.15) is 0 Å². The lowest BCUT2D eigenvalue weighted by atomic mass is 9.94. The second-order valence-corrected chi connectivity index (χ2v) is 9.58. The third kappa shape index (κ3) is 4.96. The number of morpholine rings is 1. The van der Waals surface area contributed by atoms with Gasteiger partial charge in [-0.25, -0.2) is 9.78 Å². The number of benzene rings is 1. The molecule has 1 aromatic carbocycles. The quantitative estimate of drug-likeness (QED) is 0.494. The van der Waals surface area contributed by atoms with Crippen LogP contribution >= 0.6 is 23.1 Å². The lowest BCUT2D eigenvalue weighted by Crippen LogP contribution is -2.36. The molecule has 1 saturated carbocycles. The number of thioether (sulfide) groups is 1. The summed E-state index contributed by atoms with van der Waals surface area (Å²) in [6.07, 6.45) is 7.71. The highest BCUT2D eigenvalue weighted by atomic mass is 32.2. The Labute approximate surface area is 184 Å². The Hall–Kier alpha value is -2.10. The number of amides is 2. The first-order chi connectivity index (χ1) is 14.6. The van der Waals surface area contributed by atoms with Crippen molar-refractivity contribution in [3.8, 4) is 0 Å². The Morgan fingerprint density at radius 2 is 1.97 bits per heavy atom. The molecule has 0 radical (unpaired) electrons. The lowest BCUT2D eigenvalue weighted by Gasteiger charge is -2.29. The van der Waals surface area contributed by atoms with Gasteiger partial charge in [-0.15, -0.1) is 11.8 Å². The van der Waals surface area contributed by atoms with Gasteiger partial charge in [0.05, 0.1) is 29.3 Å². The minimum atomic E-state index is -0.392. The van der Waals surface area contributed by atoms with Gasteiger partial charge in [0, 0.05) is 30.3 Å². The van der Waals surface area contributed by atoms with E-state index in [-0.39, 0.29) is 11.7 Å². The highest BCUT2D eigenvalue weighted by molar-refractivity contribution is 8.00. The van der Waals surface area contributed by atoms with Crippen LogP contribution in [-0.4, -0.2) is 49.4 Å². The molecule has 1 saturated heterocycles. The van der Waals surface area contributed by atoms with Crippen LogP contribution in [0.2, 0.25) is 0 Å². The molecule has 2 fully saturated rings. The Morgan fingerprint density at radius 3 is 2.67 bits per heavy atom. The molecule has 1 aliphatic heterocycles. The van der Waals surface area contributed by atoms with Gasteiger partial charge in [-0.3, -0.25) is 10.1 Å². The van der Waals surface area contributed by atoms with Gasteiger partial charge in [-0.1, -0.05) is 24.2 Å². The van der Waals surface area contributed by atoms with Crippen LogP contribution in [0.4, 0.5) is 21.3 Å². The Morgan fingerprint density at radius 1 is 1.20 bits per heavy atom. The first kappa shape index (κ1) is 21.1. The summed E-state index contributed by atoms with van der Waals surface area (Å²) in [5, 5.41) is 6.16. The minimum Gasteiger partial charge on any atom is -0.378 e. The molecular weight excluding hydrogens is 420 g/mol. The zero-order valence-electron chi connectivity index (χ0n) is 17.0. The van der Waals surface area contributed by atoms with Crippen molar-refractivity contribution in [2.45, 2.75) is 29.9 Å². The SMILES string of the molecule is CSc1cnc(NC(=O)Nc2ccc(N3CCOCC3)cc2C(=O)C2CCCC2)s1.